The maximum atomic E-state index is 12.1. The van der Waals surface area contributed by atoms with E-state index >= 15 is 0 Å². The van der Waals surface area contributed by atoms with Crippen LogP contribution in [0.5, 0.6) is 0 Å². The lowest BCUT2D eigenvalue weighted by molar-refractivity contribution is -0.116. The molecule has 0 aliphatic rings. The molecule has 0 spiro atoms. The summed E-state index contributed by atoms with van der Waals surface area (Å²) in [5.41, 5.74) is 6.36. The first kappa shape index (κ1) is 18.9. The number of halogens is 1. The molecule has 1 amide bonds. The largest absolute Gasteiger partial charge is 0.330 e. The van der Waals surface area contributed by atoms with Crippen LogP contribution >= 0.6 is 12.4 Å². The third-order valence-corrected chi connectivity index (χ3v) is 4.56. The standard InChI is InChI=1S/C12H19N3O3S.ClH/c1-9-4-5-10(14-12(16)6-7-13)8-11(9)19(17,18)15(2)3;/h4-5,8H,6-7,13H2,1-3H3,(H,14,16);1H. The van der Waals surface area contributed by atoms with E-state index in [0.29, 0.717) is 11.3 Å². The van der Waals surface area contributed by atoms with Crippen molar-refractivity contribution in [3.63, 3.8) is 0 Å². The lowest BCUT2D eigenvalue weighted by atomic mass is 10.2. The number of carbonyl (C=O) groups is 1. The van der Waals surface area contributed by atoms with Gasteiger partial charge in [-0.3, -0.25) is 4.79 Å². The van der Waals surface area contributed by atoms with E-state index in [1.807, 2.05) is 0 Å². The second kappa shape index (κ2) is 7.58. The molecular formula is C12H20ClN3O3S. The minimum atomic E-state index is -3.52. The van der Waals surface area contributed by atoms with Crippen molar-refractivity contribution < 1.29 is 13.2 Å². The summed E-state index contributed by atoms with van der Waals surface area (Å²) < 4.78 is 25.4. The topological polar surface area (TPSA) is 92.5 Å². The third-order valence-electron chi connectivity index (χ3n) is 2.60. The molecule has 8 heteroatoms. The average Bonchev–Trinajstić information content (AvgIpc) is 2.31. The highest BCUT2D eigenvalue weighted by molar-refractivity contribution is 7.89. The number of nitrogens with two attached hydrogens (primary N) is 1. The highest BCUT2D eigenvalue weighted by atomic mass is 35.5. The van der Waals surface area contributed by atoms with Gasteiger partial charge in [0, 0.05) is 32.7 Å². The van der Waals surface area contributed by atoms with Crippen molar-refractivity contribution in [1.29, 1.82) is 0 Å². The summed E-state index contributed by atoms with van der Waals surface area (Å²) >= 11 is 0. The normalized spacial score (nSPS) is 11.1. The van der Waals surface area contributed by atoms with Gasteiger partial charge in [0.2, 0.25) is 15.9 Å². The Kier molecular flexibility index (Phi) is 7.15. The van der Waals surface area contributed by atoms with Crippen molar-refractivity contribution in [3.8, 4) is 0 Å². The summed E-state index contributed by atoms with van der Waals surface area (Å²) in [5.74, 6) is -0.237. The van der Waals surface area contributed by atoms with E-state index in [1.165, 1.54) is 20.2 Å². The molecule has 0 heterocycles. The Hall–Kier alpha value is -1.15. The second-order valence-corrected chi connectivity index (χ2v) is 6.47. The number of anilines is 1. The fraction of sp³-hybridized carbons (Fsp3) is 0.417. The highest BCUT2D eigenvalue weighted by Gasteiger charge is 2.20. The summed E-state index contributed by atoms with van der Waals surface area (Å²) in [5, 5.41) is 2.62. The van der Waals surface area contributed by atoms with Gasteiger partial charge in [0.1, 0.15) is 0 Å². The maximum Gasteiger partial charge on any atom is 0.242 e. The molecule has 114 valence electrons. The lowest BCUT2D eigenvalue weighted by Crippen LogP contribution is -2.23. The van der Waals surface area contributed by atoms with Crippen LogP contribution in [0, 0.1) is 6.92 Å². The van der Waals surface area contributed by atoms with Crippen LogP contribution in [-0.4, -0.2) is 39.3 Å². The molecule has 1 aromatic carbocycles. The molecular weight excluding hydrogens is 302 g/mol. The molecule has 1 aromatic rings. The van der Waals surface area contributed by atoms with Crippen molar-refractivity contribution in [2.75, 3.05) is 26.0 Å². The van der Waals surface area contributed by atoms with Crippen LogP contribution < -0.4 is 11.1 Å². The maximum absolute atomic E-state index is 12.1. The lowest BCUT2D eigenvalue weighted by Gasteiger charge is -2.15. The first-order chi connectivity index (χ1) is 8.78. The predicted molar refractivity (Wildman–Crippen MR) is 81.6 cm³/mol. The number of nitrogens with zero attached hydrogens (tertiary/aromatic N) is 1. The molecule has 0 saturated heterocycles. The van der Waals surface area contributed by atoms with Crippen molar-refractivity contribution in [2.24, 2.45) is 5.73 Å². The van der Waals surface area contributed by atoms with Gasteiger partial charge in [0.25, 0.3) is 0 Å². The van der Waals surface area contributed by atoms with Crippen molar-refractivity contribution in [1.82, 2.24) is 4.31 Å². The van der Waals surface area contributed by atoms with Gasteiger partial charge >= 0.3 is 0 Å². The molecule has 0 aromatic heterocycles. The fourth-order valence-electron chi connectivity index (χ4n) is 1.51. The summed E-state index contributed by atoms with van der Waals surface area (Å²) in [7, 11) is -0.587. The van der Waals surface area contributed by atoms with Crippen molar-refractivity contribution in [2.45, 2.75) is 18.2 Å². The minimum Gasteiger partial charge on any atom is -0.330 e. The van der Waals surface area contributed by atoms with Gasteiger partial charge in [-0.25, -0.2) is 12.7 Å². The average molecular weight is 322 g/mol. The van der Waals surface area contributed by atoms with Crippen LogP contribution in [-0.2, 0) is 14.8 Å². The molecule has 0 fully saturated rings. The number of nitrogens with one attached hydrogen (secondary N) is 1. The number of aryl methyl sites for hydroxylation is 1. The van der Waals surface area contributed by atoms with Crippen molar-refractivity contribution >= 4 is 34.0 Å². The summed E-state index contributed by atoms with van der Waals surface area (Å²) in [6, 6.07) is 4.78. The van der Waals surface area contributed by atoms with Crippen LogP contribution in [0.4, 0.5) is 5.69 Å². The molecule has 6 nitrogen and oxygen atoms in total. The Balaban J connectivity index is 0.00000361. The third kappa shape index (κ3) is 4.45. The van der Waals surface area contributed by atoms with E-state index in [-0.39, 0.29) is 36.2 Å². The Morgan fingerprint density at radius 1 is 1.35 bits per heavy atom. The molecule has 0 aliphatic heterocycles. The molecule has 0 aliphatic carbocycles. The molecule has 3 N–H and O–H groups in total. The zero-order valence-corrected chi connectivity index (χ0v) is 13.3. The van der Waals surface area contributed by atoms with E-state index < -0.39 is 10.0 Å². The van der Waals surface area contributed by atoms with Crippen LogP contribution in [0.2, 0.25) is 0 Å². The Bertz CT molecular complexity index is 573. The fourth-order valence-corrected chi connectivity index (χ4v) is 2.65. The molecule has 0 radical (unpaired) electrons. The summed E-state index contributed by atoms with van der Waals surface area (Å²) in [6.45, 7) is 1.96. The van der Waals surface area contributed by atoms with Gasteiger partial charge < -0.3 is 11.1 Å². The van der Waals surface area contributed by atoms with Crippen LogP contribution in [0.15, 0.2) is 23.1 Å². The zero-order chi connectivity index (χ0) is 14.6. The van der Waals surface area contributed by atoms with Crippen LogP contribution in [0.25, 0.3) is 0 Å². The number of amides is 1. The first-order valence-corrected chi connectivity index (χ1v) is 7.26. The number of hydrogen-bond donors (Lipinski definition) is 2. The molecule has 20 heavy (non-hydrogen) atoms. The van der Waals surface area contributed by atoms with E-state index in [2.05, 4.69) is 5.32 Å². The van der Waals surface area contributed by atoms with Crippen molar-refractivity contribution in [3.05, 3.63) is 23.8 Å². The van der Waals surface area contributed by atoms with E-state index in [0.717, 1.165) is 4.31 Å². The zero-order valence-electron chi connectivity index (χ0n) is 11.7. The number of carbonyl (C=O) groups excluding carboxylic acids is 1. The quantitative estimate of drug-likeness (QED) is 0.844. The monoisotopic (exact) mass is 321 g/mol. The number of benzene rings is 1. The van der Waals surface area contributed by atoms with Gasteiger partial charge in [-0.05, 0) is 24.6 Å². The SMILES string of the molecule is Cc1ccc(NC(=O)CCN)cc1S(=O)(=O)N(C)C.Cl. The molecule has 0 atom stereocenters. The van der Waals surface area contributed by atoms with Gasteiger partial charge in [-0.15, -0.1) is 12.4 Å². The van der Waals surface area contributed by atoms with Gasteiger partial charge in [-0.1, -0.05) is 6.07 Å². The number of sulfonamides is 1. The number of hydrogen-bond acceptors (Lipinski definition) is 4. The summed E-state index contributed by atoms with van der Waals surface area (Å²) in [4.78, 5) is 11.6. The predicted octanol–water partition coefficient (Wildman–Crippen LogP) is 0.954. The first-order valence-electron chi connectivity index (χ1n) is 5.82. The van der Waals surface area contributed by atoms with Crippen LogP contribution in [0.3, 0.4) is 0 Å². The molecule has 0 bridgehead atoms. The summed E-state index contributed by atoms with van der Waals surface area (Å²) in [6.07, 6.45) is 0.198. The molecule has 0 unspecified atom stereocenters. The smallest absolute Gasteiger partial charge is 0.242 e. The highest BCUT2D eigenvalue weighted by Crippen LogP contribution is 2.22. The Labute approximate surface area is 125 Å². The number of rotatable bonds is 5. The Morgan fingerprint density at radius 2 is 1.95 bits per heavy atom. The van der Waals surface area contributed by atoms with Gasteiger partial charge in [0.15, 0.2) is 0 Å². The molecule has 0 saturated carbocycles. The van der Waals surface area contributed by atoms with Gasteiger partial charge in [0.05, 0.1) is 4.90 Å². The van der Waals surface area contributed by atoms with E-state index in [9.17, 15) is 13.2 Å². The van der Waals surface area contributed by atoms with Crippen LogP contribution in [0.1, 0.15) is 12.0 Å². The minimum absolute atomic E-state index is 0. The Morgan fingerprint density at radius 3 is 2.45 bits per heavy atom. The van der Waals surface area contributed by atoms with Gasteiger partial charge in [-0.2, -0.15) is 0 Å². The second-order valence-electron chi connectivity index (χ2n) is 4.35. The molecule has 1 rings (SSSR count). The van der Waals surface area contributed by atoms with E-state index in [1.54, 1.807) is 19.1 Å². The van der Waals surface area contributed by atoms with E-state index in [4.69, 9.17) is 5.73 Å².